The first-order valence-electron chi connectivity index (χ1n) is 7.65. The van der Waals surface area contributed by atoms with E-state index >= 15 is 0 Å². The van der Waals surface area contributed by atoms with E-state index in [1.807, 2.05) is 0 Å². The number of carbonyl (C=O) groups excluding carboxylic acids is 2. The summed E-state index contributed by atoms with van der Waals surface area (Å²) >= 11 is 0. The molecular weight excluding hydrogens is 322 g/mol. The van der Waals surface area contributed by atoms with E-state index in [9.17, 15) is 14.4 Å². The third-order valence-corrected chi connectivity index (χ3v) is 3.47. The maximum absolute atomic E-state index is 12.1. The van der Waals surface area contributed by atoms with Crippen molar-refractivity contribution < 1.29 is 19.5 Å². The molecule has 0 spiro atoms. The van der Waals surface area contributed by atoms with E-state index in [4.69, 9.17) is 10.8 Å². The third kappa shape index (κ3) is 5.65. The first kappa shape index (κ1) is 18.0. The van der Waals surface area contributed by atoms with Crippen LogP contribution >= 0.6 is 0 Å². The fourth-order valence-electron chi connectivity index (χ4n) is 2.30. The normalized spacial score (nSPS) is 11.4. The minimum absolute atomic E-state index is 0.251. The maximum Gasteiger partial charge on any atom is 0.305 e. The van der Waals surface area contributed by atoms with Crippen molar-refractivity contribution in [3.8, 4) is 0 Å². The molecule has 0 aromatic heterocycles. The summed E-state index contributed by atoms with van der Waals surface area (Å²) in [5, 5.41) is 14.1. The van der Waals surface area contributed by atoms with Gasteiger partial charge in [0.2, 0.25) is 5.91 Å². The fraction of sp³-hybridized carbons (Fsp3) is 0.167. The average molecular weight is 341 g/mol. The average Bonchev–Trinajstić information content (AvgIpc) is 2.59. The summed E-state index contributed by atoms with van der Waals surface area (Å²) in [6, 6.07) is 14.5. The number of hydrogen-bond acceptors (Lipinski definition) is 4. The Kier molecular flexibility index (Phi) is 6.11. The molecule has 2 aromatic rings. The van der Waals surface area contributed by atoms with Gasteiger partial charge in [0.1, 0.15) is 0 Å². The summed E-state index contributed by atoms with van der Waals surface area (Å²) in [5.74, 6) is -1.94. The Morgan fingerprint density at radius 1 is 1.04 bits per heavy atom. The largest absolute Gasteiger partial charge is 0.481 e. The first-order valence-corrected chi connectivity index (χ1v) is 7.65. The van der Waals surface area contributed by atoms with Gasteiger partial charge in [0, 0.05) is 11.3 Å². The smallest absolute Gasteiger partial charge is 0.305 e. The molecule has 25 heavy (non-hydrogen) atoms. The number of nitrogens with two attached hydrogens (primary N) is 1. The van der Waals surface area contributed by atoms with Crippen LogP contribution in [-0.4, -0.2) is 29.4 Å². The number of hydrogen-bond donors (Lipinski definition) is 4. The molecule has 0 aliphatic rings. The van der Waals surface area contributed by atoms with Crippen molar-refractivity contribution in [3.05, 3.63) is 65.7 Å². The summed E-state index contributed by atoms with van der Waals surface area (Å²) < 4.78 is 0. The lowest BCUT2D eigenvalue weighted by Gasteiger charge is -2.17. The summed E-state index contributed by atoms with van der Waals surface area (Å²) in [4.78, 5) is 35.1. The molecule has 0 aliphatic heterocycles. The molecule has 2 aromatic carbocycles. The molecular formula is C18H19N3O4. The summed E-state index contributed by atoms with van der Waals surface area (Å²) in [6.07, 6.45) is -0.251. The zero-order valence-electron chi connectivity index (χ0n) is 13.4. The number of carbonyl (C=O) groups is 3. The van der Waals surface area contributed by atoms with Gasteiger partial charge >= 0.3 is 5.97 Å². The van der Waals surface area contributed by atoms with E-state index in [-0.39, 0.29) is 13.0 Å². The highest BCUT2D eigenvalue weighted by Crippen LogP contribution is 2.16. The van der Waals surface area contributed by atoms with Crippen LogP contribution in [0.15, 0.2) is 54.6 Å². The molecule has 2 amide bonds. The number of rotatable bonds is 7. The van der Waals surface area contributed by atoms with Crippen molar-refractivity contribution in [3.63, 3.8) is 0 Å². The van der Waals surface area contributed by atoms with Gasteiger partial charge in [-0.15, -0.1) is 0 Å². The molecule has 0 heterocycles. The van der Waals surface area contributed by atoms with Crippen LogP contribution in [0.2, 0.25) is 0 Å². The highest BCUT2D eigenvalue weighted by atomic mass is 16.4. The molecule has 0 saturated heterocycles. The van der Waals surface area contributed by atoms with E-state index in [1.165, 1.54) is 6.07 Å². The lowest BCUT2D eigenvalue weighted by atomic mass is 10.0. The van der Waals surface area contributed by atoms with E-state index in [1.54, 1.807) is 48.5 Å². The molecule has 0 bridgehead atoms. The SMILES string of the molecule is Nc1cccc(C(=O)NCC(=O)NC(CC(=O)O)c2ccccc2)c1. The topological polar surface area (TPSA) is 122 Å². The van der Waals surface area contributed by atoms with Crippen molar-refractivity contribution in [2.24, 2.45) is 0 Å². The van der Waals surface area contributed by atoms with Crippen LogP contribution in [0.5, 0.6) is 0 Å². The second-order valence-corrected chi connectivity index (χ2v) is 5.44. The molecule has 0 aliphatic carbocycles. The number of aliphatic carboxylic acids is 1. The van der Waals surface area contributed by atoms with Crippen LogP contribution in [0.3, 0.4) is 0 Å². The molecule has 5 N–H and O–H groups in total. The molecule has 7 heteroatoms. The summed E-state index contributed by atoms with van der Waals surface area (Å²) in [6.45, 7) is -0.267. The zero-order chi connectivity index (χ0) is 18.2. The molecule has 0 radical (unpaired) electrons. The summed E-state index contributed by atoms with van der Waals surface area (Å²) in [7, 11) is 0. The number of carboxylic acids is 1. The standard InChI is InChI=1S/C18H19N3O4/c19-14-8-4-7-13(9-14)18(25)20-11-16(22)21-15(10-17(23)24)12-5-2-1-3-6-12/h1-9,15H,10-11,19H2,(H,20,25)(H,21,22)(H,23,24). The van der Waals surface area contributed by atoms with E-state index in [0.717, 1.165) is 0 Å². The van der Waals surface area contributed by atoms with Gasteiger partial charge in [-0.2, -0.15) is 0 Å². The Morgan fingerprint density at radius 2 is 1.76 bits per heavy atom. The fourth-order valence-corrected chi connectivity index (χ4v) is 2.30. The predicted molar refractivity (Wildman–Crippen MR) is 92.8 cm³/mol. The second kappa shape index (κ2) is 8.49. The predicted octanol–water partition coefficient (Wildman–Crippen LogP) is 1.33. The molecule has 1 unspecified atom stereocenters. The molecule has 2 rings (SSSR count). The molecule has 0 saturated carbocycles. The van der Waals surface area contributed by atoms with E-state index < -0.39 is 23.8 Å². The third-order valence-electron chi connectivity index (χ3n) is 3.47. The lowest BCUT2D eigenvalue weighted by molar-refractivity contribution is -0.137. The van der Waals surface area contributed by atoms with Gasteiger partial charge in [-0.3, -0.25) is 14.4 Å². The Balaban J connectivity index is 1.94. The van der Waals surface area contributed by atoms with E-state index in [0.29, 0.717) is 16.8 Å². The van der Waals surface area contributed by atoms with Crippen LogP contribution < -0.4 is 16.4 Å². The zero-order valence-corrected chi connectivity index (χ0v) is 13.4. The van der Waals surface area contributed by atoms with Crippen molar-refractivity contribution in [2.75, 3.05) is 12.3 Å². The van der Waals surface area contributed by atoms with Gasteiger partial charge < -0.3 is 21.5 Å². The van der Waals surface area contributed by atoms with Gasteiger partial charge in [0.05, 0.1) is 19.0 Å². The van der Waals surface area contributed by atoms with Gasteiger partial charge in [0.15, 0.2) is 0 Å². The lowest BCUT2D eigenvalue weighted by Crippen LogP contribution is -2.39. The second-order valence-electron chi connectivity index (χ2n) is 5.44. The molecule has 130 valence electrons. The van der Waals surface area contributed by atoms with Crippen molar-refractivity contribution in [1.29, 1.82) is 0 Å². The quantitative estimate of drug-likeness (QED) is 0.566. The van der Waals surface area contributed by atoms with Gasteiger partial charge in [-0.25, -0.2) is 0 Å². The minimum atomic E-state index is -1.03. The number of benzene rings is 2. The van der Waals surface area contributed by atoms with Gasteiger partial charge in [0.25, 0.3) is 5.91 Å². The monoisotopic (exact) mass is 341 g/mol. The number of anilines is 1. The van der Waals surface area contributed by atoms with Crippen molar-refractivity contribution in [1.82, 2.24) is 10.6 Å². The van der Waals surface area contributed by atoms with E-state index in [2.05, 4.69) is 10.6 Å². The van der Waals surface area contributed by atoms with Crippen LogP contribution in [0.4, 0.5) is 5.69 Å². The highest BCUT2D eigenvalue weighted by molar-refractivity contribution is 5.97. The van der Waals surface area contributed by atoms with Gasteiger partial charge in [-0.1, -0.05) is 36.4 Å². The molecule has 7 nitrogen and oxygen atoms in total. The molecule has 0 fully saturated rings. The Morgan fingerprint density at radius 3 is 2.40 bits per heavy atom. The number of carboxylic acid groups (broad SMARTS) is 1. The highest BCUT2D eigenvalue weighted by Gasteiger charge is 2.18. The Bertz CT molecular complexity index is 762. The van der Waals surface area contributed by atoms with Crippen molar-refractivity contribution in [2.45, 2.75) is 12.5 Å². The van der Waals surface area contributed by atoms with Crippen LogP contribution in [0.25, 0.3) is 0 Å². The maximum atomic E-state index is 12.1. The van der Waals surface area contributed by atoms with Crippen LogP contribution in [-0.2, 0) is 9.59 Å². The van der Waals surface area contributed by atoms with Crippen molar-refractivity contribution >= 4 is 23.5 Å². The minimum Gasteiger partial charge on any atom is -0.481 e. The Labute approximate surface area is 144 Å². The number of nitrogen functional groups attached to an aromatic ring is 1. The first-order chi connectivity index (χ1) is 12.0. The Hall–Kier alpha value is -3.35. The molecule has 1 atom stereocenters. The van der Waals surface area contributed by atoms with Gasteiger partial charge in [-0.05, 0) is 23.8 Å². The number of nitrogens with one attached hydrogen (secondary N) is 2. The number of amides is 2. The van der Waals surface area contributed by atoms with Crippen LogP contribution in [0.1, 0.15) is 28.4 Å². The summed E-state index contributed by atoms with van der Waals surface area (Å²) in [5.41, 5.74) is 7.09. The van der Waals surface area contributed by atoms with Crippen LogP contribution in [0, 0.1) is 0 Å².